The smallest absolute Gasteiger partial charge is 0.251 e. The topological polar surface area (TPSA) is 98.2 Å². The minimum absolute atomic E-state index is 0.0949. The number of carbonyl (C=O) groups is 1. The first-order chi connectivity index (χ1) is 13.0. The Labute approximate surface area is 164 Å². The van der Waals surface area contributed by atoms with Gasteiger partial charge in [-0.1, -0.05) is 30.0 Å². The number of amides is 1. The number of thioether (sulfide) groups is 1. The molecule has 142 valence electrons. The van der Waals surface area contributed by atoms with Crippen LogP contribution in [-0.4, -0.2) is 32.3 Å². The van der Waals surface area contributed by atoms with Gasteiger partial charge in [-0.3, -0.25) is 9.69 Å². The van der Waals surface area contributed by atoms with E-state index in [1.807, 2.05) is 26.8 Å². The van der Waals surface area contributed by atoms with Crippen molar-refractivity contribution >= 4 is 34.1 Å². The van der Waals surface area contributed by atoms with Gasteiger partial charge in [0.15, 0.2) is 4.34 Å². The van der Waals surface area contributed by atoms with E-state index in [0.29, 0.717) is 29.1 Å². The Bertz CT molecular complexity index is 960. The lowest BCUT2D eigenvalue weighted by Gasteiger charge is -2.17. The lowest BCUT2D eigenvalue weighted by Crippen LogP contribution is -2.32. The van der Waals surface area contributed by atoms with Crippen molar-refractivity contribution in [3.05, 3.63) is 23.5 Å². The van der Waals surface area contributed by atoms with Gasteiger partial charge in [-0.2, -0.15) is 0 Å². The summed E-state index contributed by atoms with van der Waals surface area (Å²) in [5, 5.41) is 17.3. The number of rotatable bonds is 7. The highest BCUT2D eigenvalue weighted by Crippen LogP contribution is 2.37. The highest BCUT2D eigenvalue weighted by molar-refractivity contribution is 8.00. The van der Waals surface area contributed by atoms with Gasteiger partial charge in [0.25, 0.3) is 5.89 Å². The maximum absolute atomic E-state index is 12.2. The Balaban J connectivity index is 1.42. The van der Waals surface area contributed by atoms with Crippen LogP contribution >= 0.6 is 23.1 Å². The normalized spacial score (nSPS) is 13.9. The van der Waals surface area contributed by atoms with Gasteiger partial charge < -0.3 is 8.83 Å². The van der Waals surface area contributed by atoms with Crippen molar-refractivity contribution in [3.63, 3.8) is 0 Å². The number of aryl methyl sites for hydroxylation is 2. The standard InChI is InChI=1S/C17H19N5O3S2/c1-4-14(23)22(11-5-6-11)16-20-21-17(27-16)26-8-13-18-19-15(25-13)12-7-9(2)24-10(12)3/h7,11H,4-6,8H2,1-3H3. The molecule has 0 atom stereocenters. The minimum atomic E-state index is 0.0949. The first kappa shape index (κ1) is 18.2. The molecule has 0 radical (unpaired) electrons. The number of furan rings is 1. The Morgan fingerprint density at radius 2 is 2.07 bits per heavy atom. The third kappa shape index (κ3) is 3.91. The summed E-state index contributed by atoms with van der Waals surface area (Å²) in [6.07, 6.45) is 2.53. The molecule has 10 heteroatoms. The molecule has 1 saturated carbocycles. The summed E-state index contributed by atoms with van der Waals surface area (Å²) in [5.41, 5.74) is 0.813. The van der Waals surface area contributed by atoms with Crippen LogP contribution in [0, 0.1) is 13.8 Å². The van der Waals surface area contributed by atoms with Gasteiger partial charge in [0, 0.05) is 12.5 Å². The fraction of sp³-hybridized carbons (Fsp3) is 0.471. The number of anilines is 1. The molecule has 1 fully saturated rings. The summed E-state index contributed by atoms with van der Waals surface area (Å²) in [6, 6.07) is 2.16. The zero-order valence-electron chi connectivity index (χ0n) is 15.3. The van der Waals surface area contributed by atoms with Crippen LogP contribution in [0.15, 0.2) is 19.2 Å². The highest BCUT2D eigenvalue weighted by Gasteiger charge is 2.35. The Kier molecular flexibility index (Phi) is 5.00. The lowest BCUT2D eigenvalue weighted by atomic mass is 10.2. The molecule has 0 N–H and O–H groups in total. The van der Waals surface area contributed by atoms with E-state index in [1.165, 1.54) is 23.1 Å². The molecule has 3 heterocycles. The molecule has 0 unspecified atom stereocenters. The summed E-state index contributed by atoms with van der Waals surface area (Å²) >= 11 is 2.89. The van der Waals surface area contributed by atoms with Gasteiger partial charge in [-0.15, -0.1) is 20.4 Å². The molecule has 1 aliphatic rings. The molecule has 3 aromatic heterocycles. The van der Waals surface area contributed by atoms with E-state index in [2.05, 4.69) is 20.4 Å². The van der Waals surface area contributed by atoms with Gasteiger partial charge in [0.1, 0.15) is 11.5 Å². The molecule has 0 aliphatic heterocycles. The molecule has 0 spiro atoms. The number of hydrogen-bond donors (Lipinski definition) is 0. The second kappa shape index (κ2) is 7.43. The second-order valence-electron chi connectivity index (χ2n) is 6.32. The van der Waals surface area contributed by atoms with E-state index in [-0.39, 0.29) is 11.9 Å². The SMILES string of the molecule is CCC(=O)N(c1nnc(SCc2nnc(-c3cc(C)oc3C)o2)s1)C1CC1. The molecular weight excluding hydrogens is 386 g/mol. The molecule has 1 aliphatic carbocycles. The molecule has 0 saturated heterocycles. The van der Waals surface area contributed by atoms with Crippen LogP contribution in [0.1, 0.15) is 43.6 Å². The van der Waals surface area contributed by atoms with E-state index < -0.39 is 0 Å². The molecule has 4 rings (SSSR count). The molecule has 0 aromatic carbocycles. The lowest BCUT2D eigenvalue weighted by molar-refractivity contribution is -0.118. The van der Waals surface area contributed by atoms with Crippen molar-refractivity contribution in [3.8, 4) is 11.5 Å². The largest absolute Gasteiger partial charge is 0.466 e. The van der Waals surface area contributed by atoms with E-state index in [4.69, 9.17) is 8.83 Å². The fourth-order valence-electron chi connectivity index (χ4n) is 2.72. The number of nitrogens with zero attached hydrogens (tertiary/aromatic N) is 5. The predicted molar refractivity (Wildman–Crippen MR) is 102 cm³/mol. The summed E-state index contributed by atoms with van der Waals surface area (Å²) in [4.78, 5) is 14.0. The number of aromatic nitrogens is 4. The summed E-state index contributed by atoms with van der Waals surface area (Å²) in [7, 11) is 0. The zero-order chi connectivity index (χ0) is 19.0. The van der Waals surface area contributed by atoms with Gasteiger partial charge in [0.05, 0.1) is 11.3 Å². The molecule has 27 heavy (non-hydrogen) atoms. The Morgan fingerprint density at radius 3 is 2.74 bits per heavy atom. The third-order valence-electron chi connectivity index (χ3n) is 4.14. The monoisotopic (exact) mass is 405 g/mol. The maximum atomic E-state index is 12.2. The van der Waals surface area contributed by atoms with E-state index in [9.17, 15) is 4.79 Å². The first-order valence-electron chi connectivity index (χ1n) is 8.73. The van der Waals surface area contributed by atoms with Crippen LogP contribution in [0.2, 0.25) is 0 Å². The zero-order valence-corrected chi connectivity index (χ0v) is 16.9. The number of hydrogen-bond acceptors (Lipinski definition) is 9. The fourth-order valence-corrected chi connectivity index (χ4v) is 4.48. The van der Waals surface area contributed by atoms with Crippen LogP contribution in [0.25, 0.3) is 11.5 Å². The molecule has 3 aromatic rings. The van der Waals surface area contributed by atoms with Crippen molar-refractivity contribution in [2.45, 2.75) is 56.2 Å². The number of carbonyl (C=O) groups excluding carboxylic acids is 1. The highest BCUT2D eigenvalue weighted by atomic mass is 32.2. The van der Waals surface area contributed by atoms with E-state index in [1.54, 1.807) is 4.90 Å². The van der Waals surface area contributed by atoms with Crippen LogP contribution in [0.5, 0.6) is 0 Å². The van der Waals surface area contributed by atoms with Crippen LogP contribution in [-0.2, 0) is 10.5 Å². The van der Waals surface area contributed by atoms with Crippen molar-refractivity contribution < 1.29 is 13.6 Å². The summed E-state index contributed by atoms with van der Waals surface area (Å²) in [6.45, 7) is 5.61. The van der Waals surface area contributed by atoms with Gasteiger partial charge in [0.2, 0.25) is 16.9 Å². The second-order valence-corrected chi connectivity index (χ2v) is 8.49. The van der Waals surface area contributed by atoms with Crippen LogP contribution in [0.4, 0.5) is 5.13 Å². The molecule has 1 amide bonds. The molecule has 8 nitrogen and oxygen atoms in total. The summed E-state index contributed by atoms with van der Waals surface area (Å²) in [5.74, 6) is 3.10. The van der Waals surface area contributed by atoms with Gasteiger partial charge in [-0.05, 0) is 32.8 Å². The predicted octanol–water partition coefficient (Wildman–Crippen LogP) is 4.00. The third-order valence-corrected chi connectivity index (χ3v) is 6.18. The molecular formula is C17H19N5O3S2. The van der Waals surface area contributed by atoms with Crippen molar-refractivity contribution in [1.29, 1.82) is 0 Å². The van der Waals surface area contributed by atoms with E-state index in [0.717, 1.165) is 34.3 Å². The minimum Gasteiger partial charge on any atom is -0.466 e. The van der Waals surface area contributed by atoms with Gasteiger partial charge in [-0.25, -0.2) is 0 Å². The van der Waals surface area contributed by atoms with Crippen molar-refractivity contribution in [2.75, 3.05) is 4.90 Å². The van der Waals surface area contributed by atoms with Crippen LogP contribution in [0.3, 0.4) is 0 Å². The average Bonchev–Trinajstić information content (AvgIpc) is 3.04. The average molecular weight is 406 g/mol. The van der Waals surface area contributed by atoms with Crippen molar-refractivity contribution in [1.82, 2.24) is 20.4 Å². The van der Waals surface area contributed by atoms with Gasteiger partial charge >= 0.3 is 0 Å². The van der Waals surface area contributed by atoms with Crippen molar-refractivity contribution in [2.24, 2.45) is 0 Å². The Hall–Kier alpha value is -2.20. The van der Waals surface area contributed by atoms with Crippen LogP contribution < -0.4 is 4.90 Å². The summed E-state index contributed by atoms with van der Waals surface area (Å²) < 4.78 is 12.0. The first-order valence-corrected chi connectivity index (χ1v) is 10.5. The van der Waals surface area contributed by atoms with E-state index >= 15 is 0 Å². The Morgan fingerprint density at radius 1 is 1.26 bits per heavy atom. The maximum Gasteiger partial charge on any atom is 0.251 e. The molecule has 0 bridgehead atoms. The quantitative estimate of drug-likeness (QED) is 0.430.